The summed E-state index contributed by atoms with van der Waals surface area (Å²) in [5.74, 6) is 0. The number of aliphatic hydroxyl groups is 1. The van der Waals surface area contributed by atoms with Crippen LogP contribution in [0, 0.1) is 0 Å². The molecule has 2 rings (SSSR count). The molecule has 0 spiro atoms. The molecule has 0 amide bonds. The van der Waals surface area contributed by atoms with Crippen molar-refractivity contribution < 1.29 is 5.11 Å². The van der Waals surface area contributed by atoms with Crippen molar-refractivity contribution in [2.75, 3.05) is 11.9 Å². The highest BCUT2D eigenvalue weighted by Crippen LogP contribution is 2.18. The second kappa shape index (κ2) is 5.74. The monoisotopic (exact) mass is 297 g/mol. The van der Waals surface area contributed by atoms with E-state index in [1.54, 1.807) is 17.1 Å². The van der Waals surface area contributed by atoms with Gasteiger partial charge in [-0.25, -0.2) is 9.67 Å². The van der Waals surface area contributed by atoms with Crippen molar-refractivity contribution in [2.24, 2.45) is 0 Å². The van der Waals surface area contributed by atoms with Crippen LogP contribution in [0.2, 0.25) is 0 Å². The zero-order valence-corrected chi connectivity index (χ0v) is 10.6. The number of nitrogens with zero attached hydrogens (tertiary/aromatic N) is 4. The Morgan fingerprint density at radius 3 is 3.12 bits per heavy atom. The first kappa shape index (κ1) is 12.0. The Hall–Kier alpha value is -1.47. The summed E-state index contributed by atoms with van der Waals surface area (Å²) in [7, 11) is 0. The maximum Gasteiger partial charge on any atom is 0.129 e. The fourth-order valence-electron chi connectivity index (χ4n) is 1.33. The van der Waals surface area contributed by atoms with E-state index in [-0.39, 0.29) is 6.61 Å². The highest BCUT2D eigenvalue weighted by Gasteiger charge is 2.02. The number of rotatable bonds is 5. The first-order valence-corrected chi connectivity index (χ1v) is 5.93. The van der Waals surface area contributed by atoms with Crippen molar-refractivity contribution in [2.45, 2.75) is 13.1 Å². The molecule has 0 bridgehead atoms. The standard InChI is InChI=1S/C10H12BrN5O/c11-10-9(2-1-3-12-10)13-6-8-7-16(4-5-17)15-14-8/h1-3,7,13,17H,4-6H2. The summed E-state index contributed by atoms with van der Waals surface area (Å²) in [6.45, 7) is 1.09. The van der Waals surface area contributed by atoms with E-state index in [4.69, 9.17) is 5.11 Å². The predicted molar refractivity (Wildman–Crippen MR) is 66.4 cm³/mol. The van der Waals surface area contributed by atoms with Gasteiger partial charge in [0.1, 0.15) is 10.3 Å². The predicted octanol–water partition coefficient (Wildman–Crippen LogP) is 1.04. The lowest BCUT2D eigenvalue weighted by Crippen LogP contribution is -2.02. The van der Waals surface area contributed by atoms with Gasteiger partial charge in [0.25, 0.3) is 0 Å². The molecule has 0 atom stereocenters. The summed E-state index contributed by atoms with van der Waals surface area (Å²) < 4.78 is 2.37. The van der Waals surface area contributed by atoms with Crippen LogP contribution in [0.15, 0.2) is 29.1 Å². The Morgan fingerprint density at radius 1 is 1.47 bits per heavy atom. The molecule has 2 N–H and O–H groups in total. The fourth-order valence-corrected chi connectivity index (χ4v) is 1.73. The van der Waals surface area contributed by atoms with Crippen LogP contribution in [0.5, 0.6) is 0 Å². The molecule has 6 nitrogen and oxygen atoms in total. The van der Waals surface area contributed by atoms with E-state index in [1.807, 2.05) is 12.1 Å². The summed E-state index contributed by atoms with van der Waals surface area (Å²) in [5, 5.41) is 19.8. The van der Waals surface area contributed by atoms with E-state index in [9.17, 15) is 0 Å². The summed E-state index contributed by atoms with van der Waals surface area (Å²) in [6, 6.07) is 3.78. The van der Waals surface area contributed by atoms with Gasteiger partial charge in [0.15, 0.2) is 0 Å². The van der Waals surface area contributed by atoms with E-state index in [0.29, 0.717) is 13.1 Å². The SMILES string of the molecule is OCCn1cc(CNc2cccnc2Br)nn1. The Balaban J connectivity index is 1.95. The highest BCUT2D eigenvalue weighted by atomic mass is 79.9. The normalized spacial score (nSPS) is 10.5. The second-order valence-electron chi connectivity index (χ2n) is 3.39. The molecule has 0 saturated heterocycles. The first-order valence-electron chi connectivity index (χ1n) is 5.14. The second-order valence-corrected chi connectivity index (χ2v) is 4.14. The average Bonchev–Trinajstić information content (AvgIpc) is 2.76. The molecule has 0 aromatic carbocycles. The molecule has 0 radical (unpaired) electrons. The molecule has 90 valence electrons. The van der Waals surface area contributed by atoms with Crippen molar-refractivity contribution >= 4 is 21.6 Å². The quantitative estimate of drug-likeness (QED) is 0.807. The minimum absolute atomic E-state index is 0.0599. The number of aliphatic hydroxyl groups excluding tert-OH is 1. The van der Waals surface area contributed by atoms with Gasteiger partial charge in [0.2, 0.25) is 0 Å². The molecule has 0 unspecified atom stereocenters. The largest absolute Gasteiger partial charge is 0.394 e. The third kappa shape index (κ3) is 3.24. The zero-order chi connectivity index (χ0) is 12.1. The Kier molecular flexibility index (Phi) is 4.05. The number of hydrogen-bond donors (Lipinski definition) is 2. The van der Waals surface area contributed by atoms with Crippen LogP contribution in [0.25, 0.3) is 0 Å². The van der Waals surface area contributed by atoms with Crippen LogP contribution in [0.4, 0.5) is 5.69 Å². The maximum absolute atomic E-state index is 8.75. The van der Waals surface area contributed by atoms with Crippen molar-refractivity contribution in [3.8, 4) is 0 Å². The molecule has 0 aliphatic heterocycles. The first-order chi connectivity index (χ1) is 8.29. The topological polar surface area (TPSA) is 75.9 Å². The molecule has 0 fully saturated rings. The van der Waals surface area contributed by atoms with E-state index < -0.39 is 0 Å². The molecule has 2 heterocycles. The van der Waals surface area contributed by atoms with Gasteiger partial charge in [-0.1, -0.05) is 5.21 Å². The minimum atomic E-state index is 0.0599. The number of anilines is 1. The maximum atomic E-state index is 8.75. The summed E-state index contributed by atoms with van der Waals surface area (Å²) in [5.41, 5.74) is 1.72. The summed E-state index contributed by atoms with van der Waals surface area (Å²) in [6.07, 6.45) is 3.51. The smallest absolute Gasteiger partial charge is 0.129 e. The fraction of sp³-hybridized carbons (Fsp3) is 0.300. The molecule has 7 heteroatoms. The van der Waals surface area contributed by atoms with E-state index in [2.05, 4.69) is 36.5 Å². The van der Waals surface area contributed by atoms with E-state index in [1.165, 1.54) is 0 Å². The zero-order valence-electron chi connectivity index (χ0n) is 9.04. The lowest BCUT2D eigenvalue weighted by atomic mass is 10.4. The van der Waals surface area contributed by atoms with Gasteiger partial charge in [-0.2, -0.15) is 0 Å². The van der Waals surface area contributed by atoms with Crippen LogP contribution >= 0.6 is 15.9 Å². The molecule has 2 aromatic heterocycles. The molecule has 0 saturated carbocycles. The van der Waals surface area contributed by atoms with Crippen LogP contribution in [0.3, 0.4) is 0 Å². The van der Waals surface area contributed by atoms with Gasteiger partial charge in [0, 0.05) is 6.20 Å². The Morgan fingerprint density at radius 2 is 2.35 bits per heavy atom. The number of nitrogens with one attached hydrogen (secondary N) is 1. The summed E-state index contributed by atoms with van der Waals surface area (Å²) in [4.78, 5) is 4.11. The van der Waals surface area contributed by atoms with Crippen molar-refractivity contribution in [3.63, 3.8) is 0 Å². The van der Waals surface area contributed by atoms with Gasteiger partial charge in [0.05, 0.1) is 31.6 Å². The van der Waals surface area contributed by atoms with Crippen molar-refractivity contribution in [1.29, 1.82) is 0 Å². The van der Waals surface area contributed by atoms with Gasteiger partial charge in [-0.05, 0) is 28.1 Å². The average molecular weight is 298 g/mol. The van der Waals surface area contributed by atoms with Crippen LogP contribution in [-0.2, 0) is 13.1 Å². The summed E-state index contributed by atoms with van der Waals surface area (Å²) >= 11 is 3.35. The van der Waals surface area contributed by atoms with Gasteiger partial charge >= 0.3 is 0 Å². The molecule has 0 aliphatic rings. The van der Waals surface area contributed by atoms with E-state index >= 15 is 0 Å². The van der Waals surface area contributed by atoms with Crippen molar-refractivity contribution in [1.82, 2.24) is 20.0 Å². The Bertz CT molecular complexity index is 487. The number of halogens is 1. The van der Waals surface area contributed by atoms with Crippen molar-refractivity contribution in [3.05, 3.63) is 34.8 Å². The van der Waals surface area contributed by atoms with Gasteiger partial charge in [-0.3, -0.25) is 0 Å². The number of aromatic nitrogens is 4. The third-order valence-corrected chi connectivity index (χ3v) is 2.77. The van der Waals surface area contributed by atoms with Crippen LogP contribution < -0.4 is 5.32 Å². The number of hydrogen-bond acceptors (Lipinski definition) is 5. The van der Waals surface area contributed by atoms with E-state index in [0.717, 1.165) is 16.0 Å². The molecule has 0 aliphatic carbocycles. The number of pyridine rings is 1. The lowest BCUT2D eigenvalue weighted by molar-refractivity contribution is 0.268. The molecule has 2 aromatic rings. The third-order valence-electron chi connectivity index (χ3n) is 2.13. The molecular formula is C10H12BrN5O. The van der Waals surface area contributed by atoms with Gasteiger partial charge < -0.3 is 10.4 Å². The Labute approximate surface area is 107 Å². The molecule has 17 heavy (non-hydrogen) atoms. The van der Waals surface area contributed by atoms with Crippen LogP contribution in [-0.4, -0.2) is 31.7 Å². The lowest BCUT2D eigenvalue weighted by Gasteiger charge is -2.04. The minimum Gasteiger partial charge on any atom is -0.394 e. The molecular weight excluding hydrogens is 286 g/mol. The van der Waals surface area contributed by atoms with Gasteiger partial charge in [-0.15, -0.1) is 5.10 Å². The van der Waals surface area contributed by atoms with Crippen LogP contribution in [0.1, 0.15) is 5.69 Å². The highest BCUT2D eigenvalue weighted by molar-refractivity contribution is 9.10.